The Labute approximate surface area is 227 Å². The summed E-state index contributed by atoms with van der Waals surface area (Å²) in [6.07, 6.45) is 1.23. The molecule has 0 spiro atoms. The fraction of sp³-hybridized carbons (Fsp3) is 0.308. The number of para-hydroxylation sites is 1. The number of hydrogen-bond acceptors (Lipinski definition) is 7. The lowest BCUT2D eigenvalue weighted by molar-refractivity contribution is -0.143. The number of H-pyrrole nitrogens is 1. The van der Waals surface area contributed by atoms with Gasteiger partial charge in [0.1, 0.15) is 18.1 Å². The van der Waals surface area contributed by atoms with Crippen molar-refractivity contribution in [1.29, 1.82) is 0 Å². The number of thioether (sulfide) groups is 1. The molecule has 13 heteroatoms. The van der Waals surface area contributed by atoms with Crippen molar-refractivity contribution >= 4 is 46.4 Å². The summed E-state index contributed by atoms with van der Waals surface area (Å²) in [5.74, 6) is -3.60. The van der Waals surface area contributed by atoms with Gasteiger partial charge in [0.2, 0.25) is 17.7 Å². The molecule has 3 amide bonds. The molecule has 0 aliphatic carbocycles. The molecule has 0 aliphatic rings. The van der Waals surface area contributed by atoms with E-state index < -0.39 is 59.5 Å². The number of primary amides is 1. The summed E-state index contributed by atoms with van der Waals surface area (Å²) < 4.78 is 0.821. The number of amides is 3. The van der Waals surface area contributed by atoms with Crippen molar-refractivity contribution in [3.05, 3.63) is 81.0 Å². The summed E-state index contributed by atoms with van der Waals surface area (Å²) in [6, 6.07) is 11.0. The van der Waals surface area contributed by atoms with Crippen molar-refractivity contribution in [2.75, 3.05) is 12.0 Å². The molecule has 2 aromatic carbocycles. The molecule has 1 aromatic heterocycles. The van der Waals surface area contributed by atoms with E-state index in [1.165, 1.54) is 17.8 Å². The number of rotatable bonds is 13. The van der Waals surface area contributed by atoms with Crippen molar-refractivity contribution < 1.29 is 24.3 Å². The number of nitrogens with two attached hydrogens (primary N) is 1. The lowest BCUT2D eigenvalue weighted by Crippen LogP contribution is -2.55. The van der Waals surface area contributed by atoms with Crippen LogP contribution in [0.15, 0.2) is 64.2 Å². The smallest absolute Gasteiger partial charge is 0.329 e. The van der Waals surface area contributed by atoms with Crippen LogP contribution < -0.4 is 27.6 Å². The summed E-state index contributed by atoms with van der Waals surface area (Å²) in [4.78, 5) is 78.5. The first-order valence-electron chi connectivity index (χ1n) is 12.0. The molecule has 0 unspecified atom stereocenters. The summed E-state index contributed by atoms with van der Waals surface area (Å²) in [6.45, 7) is 0. The predicted octanol–water partition coefficient (Wildman–Crippen LogP) is 0.156. The molecule has 3 aromatic rings. The van der Waals surface area contributed by atoms with Gasteiger partial charge < -0.3 is 26.5 Å². The zero-order valence-electron chi connectivity index (χ0n) is 21.1. The first-order valence-corrected chi connectivity index (χ1v) is 13.4. The Bertz CT molecular complexity index is 1470. The number of aromatic amines is 1. The van der Waals surface area contributed by atoms with E-state index in [1.807, 2.05) is 0 Å². The Hall–Kier alpha value is -4.39. The second kappa shape index (κ2) is 13.4. The van der Waals surface area contributed by atoms with E-state index in [0.29, 0.717) is 16.8 Å². The Kier molecular flexibility index (Phi) is 10.0. The highest BCUT2D eigenvalue weighted by atomic mass is 32.2. The normalized spacial score (nSPS) is 13.3. The highest BCUT2D eigenvalue weighted by molar-refractivity contribution is 7.98. The van der Waals surface area contributed by atoms with Crippen LogP contribution in [0.2, 0.25) is 0 Å². The van der Waals surface area contributed by atoms with E-state index in [4.69, 9.17) is 5.73 Å². The van der Waals surface area contributed by atoms with Gasteiger partial charge in [0.25, 0.3) is 5.56 Å². The number of fused-ring (bicyclic) bond motifs is 1. The van der Waals surface area contributed by atoms with Gasteiger partial charge in [-0.25, -0.2) is 14.2 Å². The SMILES string of the molecule is CSCC[C@H](NC(=O)[C@H](Cc1ccccc1)n1c(=O)[nH]c2ccccc2c1=O)C(=O)N[C@@H](CC(N)=O)C(=O)O. The topological polar surface area (TPSA) is 193 Å². The molecule has 0 saturated heterocycles. The number of nitrogens with one attached hydrogen (secondary N) is 3. The second-order valence-corrected chi connectivity index (χ2v) is 9.75. The molecule has 0 radical (unpaired) electrons. The highest BCUT2D eigenvalue weighted by Crippen LogP contribution is 2.15. The number of carboxylic acids is 1. The Balaban J connectivity index is 1.99. The molecule has 206 valence electrons. The molecule has 0 fully saturated rings. The molecule has 3 rings (SSSR count). The summed E-state index contributed by atoms with van der Waals surface area (Å²) in [5, 5.41) is 14.4. The molecule has 39 heavy (non-hydrogen) atoms. The van der Waals surface area contributed by atoms with Crippen LogP contribution in [0.5, 0.6) is 0 Å². The Morgan fingerprint density at radius 3 is 2.26 bits per heavy atom. The van der Waals surface area contributed by atoms with E-state index in [9.17, 15) is 33.9 Å². The van der Waals surface area contributed by atoms with E-state index in [0.717, 1.165) is 4.57 Å². The molecule has 6 N–H and O–H groups in total. The maximum atomic E-state index is 13.7. The van der Waals surface area contributed by atoms with Crippen LogP contribution in [-0.2, 0) is 25.6 Å². The van der Waals surface area contributed by atoms with Crippen molar-refractivity contribution in [3.8, 4) is 0 Å². The van der Waals surface area contributed by atoms with Crippen molar-refractivity contribution in [1.82, 2.24) is 20.2 Å². The van der Waals surface area contributed by atoms with Gasteiger partial charge in [-0.05, 0) is 36.1 Å². The third-order valence-electron chi connectivity index (χ3n) is 5.99. The minimum atomic E-state index is -1.59. The zero-order chi connectivity index (χ0) is 28.5. The van der Waals surface area contributed by atoms with Gasteiger partial charge in [-0.1, -0.05) is 42.5 Å². The first kappa shape index (κ1) is 29.2. The van der Waals surface area contributed by atoms with Crippen molar-refractivity contribution in [3.63, 3.8) is 0 Å². The van der Waals surface area contributed by atoms with E-state index in [-0.39, 0.29) is 18.2 Å². The number of hydrogen-bond donors (Lipinski definition) is 5. The summed E-state index contributed by atoms with van der Waals surface area (Å²) in [5.41, 5.74) is 4.60. The molecule has 0 aliphatic heterocycles. The van der Waals surface area contributed by atoms with E-state index in [2.05, 4.69) is 15.6 Å². The minimum Gasteiger partial charge on any atom is -0.480 e. The largest absolute Gasteiger partial charge is 0.480 e. The average molecular weight is 556 g/mol. The number of aliphatic carboxylic acids is 1. The lowest BCUT2D eigenvalue weighted by Gasteiger charge is -2.24. The van der Waals surface area contributed by atoms with Crippen molar-refractivity contribution in [2.24, 2.45) is 5.73 Å². The van der Waals surface area contributed by atoms with Gasteiger partial charge >= 0.3 is 11.7 Å². The van der Waals surface area contributed by atoms with E-state index >= 15 is 0 Å². The molecular formula is C26H29N5O7S. The van der Waals surface area contributed by atoms with Gasteiger partial charge in [-0.2, -0.15) is 11.8 Å². The van der Waals surface area contributed by atoms with Crippen LogP contribution >= 0.6 is 11.8 Å². The van der Waals surface area contributed by atoms with Gasteiger partial charge in [0, 0.05) is 6.42 Å². The Morgan fingerprint density at radius 2 is 1.62 bits per heavy atom. The van der Waals surface area contributed by atoms with Crippen LogP contribution in [0, 0.1) is 0 Å². The van der Waals surface area contributed by atoms with Crippen LogP contribution in [0.3, 0.4) is 0 Å². The van der Waals surface area contributed by atoms with Crippen molar-refractivity contribution in [2.45, 2.75) is 37.4 Å². The lowest BCUT2D eigenvalue weighted by atomic mass is 10.0. The van der Waals surface area contributed by atoms with Crippen LogP contribution in [0.4, 0.5) is 0 Å². The van der Waals surface area contributed by atoms with Gasteiger partial charge in [-0.3, -0.25) is 19.2 Å². The third kappa shape index (κ3) is 7.57. The number of carbonyl (C=O) groups excluding carboxylic acids is 3. The van der Waals surface area contributed by atoms with Gasteiger partial charge in [0.15, 0.2) is 0 Å². The number of aromatic nitrogens is 2. The summed E-state index contributed by atoms with van der Waals surface area (Å²) in [7, 11) is 0. The summed E-state index contributed by atoms with van der Waals surface area (Å²) >= 11 is 1.39. The maximum absolute atomic E-state index is 13.7. The fourth-order valence-corrected chi connectivity index (χ4v) is 4.52. The molecule has 0 saturated carbocycles. The third-order valence-corrected chi connectivity index (χ3v) is 6.63. The molecule has 0 bridgehead atoms. The maximum Gasteiger partial charge on any atom is 0.329 e. The minimum absolute atomic E-state index is 0.0374. The highest BCUT2D eigenvalue weighted by Gasteiger charge is 2.31. The zero-order valence-corrected chi connectivity index (χ0v) is 21.9. The van der Waals surface area contributed by atoms with Crippen LogP contribution in [0.25, 0.3) is 10.9 Å². The Morgan fingerprint density at radius 1 is 0.974 bits per heavy atom. The number of carboxylic acid groups (broad SMARTS) is 1. The first-order chi connectivity index (χ1) is 18.6. The predicted molar refractivity (Wildman–Crippen MR) is 146 cm³/mol. The molecule has 1 heterocycles. The quantitative estimate of drug-likeness (QED) is 0.197. The number of benzene rings is 2. The van der Waals surface area contributed by atoms with Gasteiger partial charge in [0.05, 0.1) is 17.3 Å². The molecule has 3 atom stereocenters. The monoisotopic (exact) mass is 555 g/mol. The number of nitrogens with zero attached hydrogens (tertiary/aromatic N) is 1. The fourth-order valence-electron chi connectivity index (χ4n) is 4.04. The van der Waals surface area contributed by atoms with Gasteiger partial charge in [-0.15, -0.1) is 0 Å². The van der Waals surface area contributed by atoms with Crippen LogP contribution in [-0.4, -0.2) is 62.4 Å². The number of carbonyl (C=O) groups is 4. The van der Waals surface area contributed by atoms with E-state index in [1.54, 1.807) is 54.8 Å². The average Bonchev–Trinajstić information content (AvgIpc) is 2.90. The second-order valence-electron chi connectivity index (χ2n) is 8.77. The standard InChI is InChI=1S/C26H29N5O7S/c1-39-12-11-18(22(33)29-19(25(36)37)14-21(27)32)28-23(34)20(13-15-7-3-2-4-8-15)31-24(35)16-9-5-6-10-17(16)30-26(31)38/h2-10,18-20H,11-14H2,1H3,(H2,27,32)(H,28,34)(H,29,33)(H,30,38)(H,36,37)/t18-,19-,20-/m0/s1. The van der Waals surface area contributed by atoms with Crippen LogP contribution in [0.1, 0.15) is 24.4 Å². The molecular weight excluding hydrogens is 526 g/mol. The molecule has 12 nitrogen and oxygen atoms in total.